The van der Waals surface area contributed by atoms with E-state index in [4.69, 9.17) is 0 Å². The first-order valence-electron chi connectivity index (χ1n) is 9.89. The van der Waals surface area contributed by atoms with Crippen LogP contribution in [0.25, 0.3) is 0 Å². The zero-order valence-electron chi connectivity index (χ0n) is 18.4. The van der Waals surface area contributed by atoms with Crippen molar-refractivity contribution < 1.29 is 13.2 Å². The summed E-state index contributed by atoms with van der Waals surface area (Å²) in [6.07, 6.45) is 1.52. The summed E-state index contributed by atoms with van der Waals surface area (Å²) in [7, 11) is -3.65. The van der Waals surface area contributed by atoms with Crippen molar-refractivity contribution in [3.8, 4) is 0 Å². The van der Waals surface area contributed by atoms with E-state index in [1.165, 1.54) is 9.87 Å². The summed E-state index contributed by atoms with van der Waals surface area (Å²) in [5.74, 6) is -0.301. The maximum Gasteiger partial charge on any atom is 0.244 e. The van der Waals surface area contributed by atoms with Crippen LogP contribution >= 0.6 is 0 Å². The second-order valence-electron chi connectivity index (χ2n) is 7.85. The van der Waals surface area contributed by atoms with Gasteiger partial charge in [0, 0.05) is 0 Å². The fraction of sp³-hybridized carbons (Fsp3) is 0.435. The van der Waals surface area contributed by atoms with Gasteiger partial charge in [-0.1, -0.05) is 37.3 Å². The first kappa shape index (κ1) is 22.9. The highest BCUT2D eigenvalue weighted by molar-refractivity contribution is 7.92. The molecule has 5 nitrogen and oxygen atoms in total. The van der Waals surface area contributed by atoms with Gasteiger partial charge in [0.15, 0.2) is 0 Å². The molecule has 0 bridgehead atoms. The molecule has 2 aromatic carbocycles. The third-order valence-corrected chi connectivity index (χ3v) is 6.49. The summed E-state index contributed by atoms with van der Waals surface area (Å²) < 4.78 is 26.6. The molecule has 0 heterocycles. The second-order valence-corrected chi connectivity index (χ2v) is 9.71. The lowest BCUT2D eigenvalue weighted by Crippen LogP contribution is -2.50. The van der Waals surface area contributed by atoms with Crippen molar-refractivity contribution in [1.29, 1.82) is 0 Å². The maximum atomic E-state index is 13.2. The SMILES string of the molecule is CC[C@H](C(=O)N[C@@H](C)c1ccc(C)c(C)c1)N(c1cc(C)ccc1C)S(C)(=O)=O. The van der Waals surface area contributed by atoms with Crippen LogP contribution in [-0.4, -0.2) is 26.6 Å². The van der Waals surface area contributed by atoms with Crippen LogP contribution in [0.3, 0.4) is 0 Å². The van der Waals surface area contributed by atoms with Crippen molar-refractivity contribution in [3.05, 3.63) is 64.2 Å². The molecule has 0 aliphatic heterocycles. The van der Waals surface area contributed by atoms with Crippen LogP contribution in [0.5, 0.6) is 0 Å². The molecule has 2 atom stereocenters. The van der Waals surface area contributed by atoms with Crippen LogP contribution in [0.15, 0.2) is 36.4 Å². The van der Waals surface area contributed by atoms with Crippen molar-refractivity contribution in [2.75, 3.05) is 10.6 Å². The maximum absolute atomic E-state index is 13.2. The Bertz CT molecular complexity index is 999. The average molecular weight is 417 g/mol. The number of benzene rings is 2. The van der Waals surface area contributed by atoms with Gasteiger partial charge in [-0.3, -0.25) is 9.10 Å². The smallest absolute Gasteiger partial charge is 0.244 e. The van der Waals surface area contributed by atoms with Gasteiger partial charge in [0.25, 0.3) is 0 Å². The molecule has 0 fully saturated rings. The summed E-state index contributed by atoms with van der Waals surface area (Å²) in [6.45, 7) is 11.6. The molecule has 6 heteroatoms. The lowest BCUT2D eigenvalue weighted by Gasteiger charge is -2.32. The number of rotatable bonds is 7. The van der Waals surface area contributed by atoms with Gasteiger partial charge in [0.05, 0.1) is 18.0 Å². The Morgan fingerprint density at radius 2 is 1.62 bits per heavy atom. The minimum Gasteiger partial charge on any atom is -0.348 e. The number of aryl methyl sites for hydroxylation is 4. The van der Waals surface area contributed by atoms with Crippen LogP contribution in [0.1, 0.15) is 54.1 Å². The molecule has 0 saturated heterocycles. The van der Waals surface area contributed by atoms with Gasteiger partial charge in [0.2, 0.25) is 15.9 Å². The summed E-state index contributed by atoms with van der Waals surface area (Å²) in [6, 6.07) is 10.7. The van der Waals surface area contributed by atoms with Gasteiger partial charge < -0.3 is 5.32 Å². The highest BCUT2D eigenvalue weighted by Crippen LogP contribution is 2.28. The Hall–Kier alpha value is -2.34. The molecule has 158 valence electrons. The zero-order chi connectivity index (χ0) is 21.9. The Balaban J connectivity index is 2.38. The van der Waals surface area contributed by atoms with E-state index in [-0.39, 0.29) is 11.9 Å². The number of carbonyl (C=O) groups excluding carboxylic acids is 1. The number of nitrogens with zero attached hydrogens (tertiary/aromatic N) is 1. The molecule has 0 saturated carbocycles. The number of anilines is 1. The monoisotopic (exact) mass is 416 g/mol. The van der Waals surface area contributed by atoms with Crippen molar-refractivity contribution in [1.82, 2.24) is 5.32 Å². The van der Waals surface area contributed by atoms with E-state index in [1.54, 1.807) is 0 Å². The lowest BCUT2D eigenvalue weighted by atomic mass is 10.0. The molecule has 0 aliphatic carbocycles. The molecule has 1 N–H and O–H groups in total. The van der Waals surface area contributed by atoms with Crippen molar-refractivity contribution in [2.24, 2.45) is 0 Å². The molecule has 29 heavy (non-hydrogen) atoms. The average Bonchev–Trinajstić information content (AvgIpc) is 2.62. The first-order chi connectivity index (χ1) is 13.5. The van der Waals surface area contributed by atoms with Gasteiger partial charge in [0.1, 0.15) is 6.04 Å². The second kappa shape index (κ2) is 8.99. The fourth-order valence-corrected chi connectivity index (χ4v) is 4.68. The summed E-state index contributed by atoms with van der Waals surface area (Å²) in [4.78, 5) is 13.2. The highest BCUT2D eigenvalue weighted by atomic mass is 32.2. The predicted octanol–water partition coefficient (Wildman–Crippen LogP) is 4.34. The molecule has 0 radical (unpaired) electrons. The molecule has 2 aromatic rings. The number of amides is 1. The van der Waals surface area contributed by atoms with E-state index in [9.17, 15) is 13.2 Å². The topological polar surface area (TPSA) is 66.5 Å². The number of hydrogen-bond donors (Lipinski definition) is 1. The fourth-order valence-electron chi connectivity index (χ4n) is 3.42. The lowest BCUT2D eigenvalue weighted by molar-refractivity contribution is -0.122. The number of sulfonamides is 1. The standard InChI is InChI=1S/C23H32N2O3S/c1-8-21(23(26)24-19(6)20-12-11-16(3)18(5)14-20)25(29(7,27)28)22-13-15(2)9-10-17(22)4/h9-14,19,21H,8H2,1-7H3,(H,24,26)/t19-,21+/m0/s1. The Morgan fingerprint density at radius 1 is 1.00 bits per heavy atom. The summed E-state index contributed by atoms with van der Waals surface area (Å²) in [5.41, 5.74) is 5.65. The van der Waals surface area contributed by atoms with Crippen molar-refractivity contribution >= 4 is 21.6 Å². The Kier molecular flexibility index (Phi) is 7.11. The third-order valence-electron chi connectivity index (χ3n) is 5.32. The van der Waals surface area contributed by atoms with Crippen molar-refractivity contribution in [2.45, 2.75) is 60.0 Å². The van der Waals surface area contributed by atoms with E-state index in [2.05, 4.69) is 11.4 Å². The largest absolute Gasteiger partial charge is 0.348 e. The van der Waals surface area contributed by atoms with E-state index < -0.39 is 16.1 Å². The van der Waals surface area contributed by atoms with Crippen LogP contribution in [0.2, 0.25) is 0 Å². The van der Waals surface area contributed by atoms with Crippen molar-refractivity contribution in [3.63, 3.8) is 0 Å². The molecular weight excluding hydrogens is 384 g/mol. The molecule has 1 amide bonds. The third kappa shape index (κ3) is 5.38. The summed E-state index contributed by atoms with van der Waals surface area (Å²) in [5, 5.41) is 3.01. The predicted molar refractivity (Wildman–Crippen MR) is 120 cm³/mol. The van der Waals surface area contributed by atoms with E-state index in [1.807, 2.05) is 71.9 Å². The van der Waals surface area contributed by atoms with E-state index >= 15 is 0 Å². The van der Waals surface area contributed by atoms with Gasteiger partial charge in [-0.25, -0.2) is 8.42 Å². The van der Waals surface area contributed by atoms with Gasteiger partial charge >= 0.3 is 0 Å². The first-order valence-corrected chi connectivity index (χ1v) is 11.7. The molecule has 0 aromatic heterocycles. The zero-order valence-corrected chi connectivity index (χ0v) is 19.2. The van der Waals surface area contributed by atoms with E-state index in [0.717, 1.165) is 28.5 Å². The van der Waals surface area contributed by atoms with Gasteiger partial charge in [-0.15, -0.1) is 0 Å². The summed E-state index contributed by atoms with van der Waals surface area (Å²) >= 11 is 0. The highest BCUT2D eigenvalue weighted by Gasteiger charge is 2.33. The number of carbonyl (C=O) groups is 1. The van der Waals surface area contributed by atoms with Gasteiger partial charge in [-0.05, 0) is 74.9 Å². The normalized spacial score (nSPS) is 13.6. The minimum atomic E-state index is -3.65. The Morgan fingerprint density at radius 3 is 2.17 bits per heavy atom. The van der Waals surface area contributed by atoms with Crippen LogP contribution in [0, 0.1) is 27.7 Å². The minimum absolute atomic E-state index is 0.226. The van der Waals surface area contributed by atoms with Crippen LogP contribution in [0.4, 0.5) is 5.69 Å². The molecule has 0 aliphatic rings. The molecule has 0 spiro atoms. The van der Waals surface area contributed by atoms with Gasteiger partial charge in [-0.2, -0.15) is 0 Å². The molecule has 0 unspecified atom stereocenters. The molecular formula is C23H32N2O3S. The number of hydrogen-bond acceptors (Lipinski definition) is 3. The Labute approximate surface area is 175 Å². The van der Waals surface area contributed by atoms with Crippen LogP contribution in [-0.2, 0) is 14.8 Å². The molecule has 2 rings (SSSR count). The quantitative estimate of drug-likeness (QED) is 0.730. The van der Waals surface area contributed by atoms with E-state index in [0.29, 0.717) is 12.1 Å². The van der Waals surface area contributed by atoms with Crippen LogP contribution < -0.4 is 9.62 Å². The number of nitrogens with one attached hydrogen (secondary N) is 1.